The molecule has 132 valence electrons. The van der Waals surface area contributed by atoms with Crippen molar-refractivity contribution in [2.24, 2.45) is 27.5 Å². The van der Waals surface area contributed by atoms with Crippen LogP contribution in [0.5, 0.6) is 0 Å². The third kappa shape index (κ3) is 2.06. The summed E-state index contributed by atoms with van der Waals surface area (Å²) in [5.41, 5.74) is 6.47. The molecule has 2 heterocycles. The first-order valence-electron chi connectivity index (χ1n) is 9.33. The van der Waals surface area contributed by atoms with Crippen molar-refractivity contribution in [2.75, 3.05) is 0 Å². The minimum atomic E-state index is -0.115. The molecule has 2 unspecified atom stereocenters. The van der Waals surface area contributed by atoms with Crippen molar-refractivity contribution in [2.45, 2.75) is 57.6 Å². The lowest BCUT2D eigenvalue weighted by Crippen LogP contribution is -2.49. The summed E-state index contributed by atoms with van der Waals surface area (Å²) < 4.78 is 0. The van der Waals surface area contributed by atoms with E-state index in [0.29, 0.717) is 5.92 Å². The van der Waals surface area contributed by atoms with E-state index in [2.05, 4.69) is 35.6 Å². The van der Waals surface area contributed by atoms with E-state index in [1.807, 2.05) is 18.2 Å². The molecule has 0 radical (unpaired) electrons. The molecule has 2 aliphatic carbocycles. The van der Waals surface area contributed by atoms with Gasteiger partial charge < -0.3 is 10.3 Å². The molecule has 5 rings (SSSR count). The van der Waals surface area contributed by atoms with E-state index in [-0.39, 0.29) is 17.1 Å². The molecule has 1 N–H and O–H groups in total. The van der Waals surface area contributed by atoms with E-state index in [4.69, 9.17) is 16.4 Å². The summed E-state index contributed by atoms with van der Waals surface area (Å²) in [5, 5.41) is 9.89. The Morgan fingerprint density at radius 3 is 2.72 bits per heavy atom. The molecule has 1 aromatic rings. The Morgan fingerprint density at radius 1 is 1.16 bits per heavy atom. The number of hydrogen-bond acceptors (Lipinski definition) is 4. The van der Waals surface area contributed by atoms with Crippen LogP contribution in [0, 0.1) is 17.3 Å². The molecule has 5 heteroatoms. The fourth-order valence-electron chi connectivity index (χ4n) is 5.66. The largest absolute Gasteiger partial charge is 0.388 e. The second kappa shape index (κ2) is 5.23. The van der Waals surface area contributed by atoms with Gasteiger partial charge in [0.25, 0.3) is 0 Å². The second-order valence-corrected chi connectivity index (χ2v) is 9.00. The Hall–Kier alpha value is -1.55. The average molecular weight is 358 g/mol. The van der Waals surface area contributed by atoms with E-state index in [1.54, 1.807) is 0 Å². The van der Waals surface area contributed by atoms with Gasteiger partial charge in [-0.25, -0.2) is 0 Å². The van der Waals surface area contributed by atoms with Crippen LogP contribution in [-0.2, 0) is 4.84 Å². The molecule has 2 bridgehead atoms. The standard InChI is InChI=1S/C20H24ClN3O/c1-19(2)12-7-8-13(9-12)20(19)11-18(24-25-20)17-10-16(22-23-17)14-5-3-4-6-15(14)21/h3-6,12-13,16,22H,7-11H2,1-2H3/t12-,13+,16?,20?/m1/s1. The molecule has 4 nitrogen and oxygen atoms in total. The molecule has 2 aliphatic heterocycles. The van der Waals surface area contributed by atoms with Crippen LogP contribution in [0.2, 0.25) is 5.02 Å². The minimum absolute atomic E-state index is 0.115. The van der Waals surface area contributed by atoms with Gasteiger partial charge in [-0.15, -0.1) is 0 Å². The lowest BCUT2D eigenvalue weighted by Gasteiger charge is -2.44. The molecular formula is C20H24ClN3O. The van der Waals surface area contributed by atoms with Gasteiger partial charge in [-0.2, -0.15) is 5.10 Å². The molecule has 2 saturated carbocycles. The summed E-state index contributed by atoms with van der Waals surface area (Å²) in [4.78, 5) is 6.19. The topological polar surface area (TPSA) is 46.0 Å². The van der Waals surface area contributed by atoms with Crippen molar-refractivity contribution in [3.05, 3.63) is 34.9 Å². The SMILES string of the molecule is CC1(C)[C@@H]2CC[C@@H](C2)C12CC(C1=NNC(c3ccccc3Cl)C1)=NO2. The maximum Gasteiger partial charge on any atom is 0.151 e. The van der Waals surface area contributed by atoms with E-state index in [1.165, 1.54) is 19.3 Å². The van der Waals surface area contributed by atoms with Crippen molar-refractivity contribution in [3.63, 3.8) is 0 Å². The number of fused-ring (bicyclic) bond motifs is 3. The molecule has 0 aromatic heterocycles. The first-order chi connectivity index (χ1) is 12.0. The molecule has 4 aliphatic rings. The fourth-order valence-corrected chi connectivity index (χ4v) is 5.93. The Morgan fingerprint density at radius 2 is 1.96 bits per heavy atom. The van der Waals surface area contributed by atoms with Gasteiger partial charge in [0.15, 0.2) is 5.60 Å². The van der Waals surface area contributed by atoms with Crippen molar-refractivity contribution in [1.82, 2.24) is 5.43 Å². The van der Waals surface area contributed by atoms with Crippen LogP contribution in [0.15, 0.2) is 34.5 Å². The summed E-state index contributed by atoms with van der Waals surface area (Å²) in [7, 11) is 0. The summed E-state index contributed by atoms with van der Waals surface area (Å²) in [5.74, 6) is 1.41. The molecule has 25 heavy (non-hydrogen) atoms. The van der Waals surface area contributed by atoms with Gasteiger partial charge in [-0.1, -0.05) is 48.8 Å². The van der Waals surface area contributed by atoms with Crippen LogP contribution in [0.4, 0.5) is 0 Å². The van der Waals surface area contributed by atoms with Crippen molar-refractivity contribution < 1.29 is 4.84 Å². The lowest BCUT2D eigenvalue weighted by molar-refractivity contribution is -0.135. The number of rotatable bonds is 2. The maximum absolute atomic E-state index is 6.34. The summed E-state index contributed by atoms with van der Waals surface area (Å²) in [6.07, 6.45) is 5.63. The Bertz CT molecular complexity index is 787. The van der Waals surface area contributed by atoms with Crippen molar-refractivity contribution in [1.29, 1.82) is 0 Å². The molecule has 0 saturated heterocycles. The third-order valence-electron chi connectivity index (χ3n) is 7.32. The number of hydrogen-bond donors (Lipinski definition) is 1. The molecular weight excluding hydrogens is 334 g/mol. The molecule has 2 fully saturated rings. The van der Waals surface area contributed by atoms with Crippen LogP contribution in [0.3, 0.4) is 0 Å². The summed E-state index contributed by atoms with van der Waals surface area (Å²) in [6.45, 7) is 4.74. The van der Waals surface area contributed by atoms with Gasteiger partial charge >= 0.3 is 0 Å². The van der Waals surface area contributed by atoms with Crippen LogP contribution < -0.4 is 5.43 Å². The number of nitrogens with one attached hydrogen (secondary N) is 1. The number of hydrazone groups is 1. The number of oxime groups is 1. The maximum atomic E-state index is 6.34. The summed E-state index contributed by atoms with van der Waals surface area (Å²) in [6, 6.07) is 8.09. The first kappa shape index (κ1) is 15.7. The van der Waals surface area contributed by atoms with Crippen LogP contribution >= 0.6 is 11.6 Å². The van der Waals surface area contributed by atoms with E-state index in [0.717, 1.165) is 40.8 Å². The zero-order valence-electron chi connectivity index (χ0n) is 14.8. The highest BCUT2D eigenvalue weighted by Crippen LogP contribution is 2.65. The van der Waals surface area contributed by atoms with Gasteiger partial charge in [0.2, 0.25) is 0 Å². The van der Waals surface area contributed by atoms with E-state index >= 15 is 0 Å². The Labute approximate surface area is 153 Å². The fraction of sp³-hybridized carbons (Fsp3) is 0.600. The van der Waals surface area contributed by atoms with Gasteiger partial charge in [-0.05, 0) is 36.8 Å². The lowest BCUT2D eigenvalue weighted by atomic mass is 9.63. The van der Waals surface area contributed by atoms with Crippen LogP contribution in [0.1, 0.15) is 57.6 Å². The quantitative estimate of drug-likeness (QED) is 0.833. The smallest absolute Gasteiger partial charge is 0.151 e. The predicted octanol–water partition coefficient (Wildman–Crippen LogP) is 4.70. The number of nitrogens with zero attached hydrogens (tertiary/aromatic N) is 2. The highest BCUT2D eigenvalue weighted by Gasteiger charge is 2.67. The predicted molar refractivity (Wildman–Crippen MR) is 99.9 cm³/mol. The van der Waals surface area contributed by atoms with E-state index < -0.39 is 0 Å². The third-order valence-corrected chi connectivity index (χ3v) is 7.66. The van der Waals surface area contributed by atoms with Gasteiger partial charge in [0.1, 0.15) is 5.71 Å². The summed E-state index contributed by atoms with van der Waals surface area (Å²) >= 11 is 6.34. The monoisotopic (exact) mass is 357 g/mol. The van der Waals surface area contributed by atoms with Crippen molar-refractivity contribution >= 4 is 23.0 Å². The van der Waals surface area contributed by atoms with Crippen LogP contribution in [0.25, 0.3) is 0 Å². The molecule has 4 atom stereocenters. The molecule has 1 aromatic carbocycles. The highest BCUT2D eigenvalue weighted by atomic mass is 35.5. The zero-order chi connectivity index (χ0) is 17.2. The minimum Gasteiger partial charge on any atom is -0.388 e. The number of halogens is 1. The highest BCUT2D eigenvalue weighted by molar-refractivity contribution is 6.43. The number of benzene rings is 1. The van der Waals surface area contributed by atoms with Gasteiger partial charge in [0.05, 0.1) is 11.8 Å². The van der Waals surface area contributed by atoms with Gasteiger partial charge in [0, 0.05) is 29.2 Å². The zero-order valence-corrected chi connectivity index (χ0v) is 15.5. The molecule has 1 spiro atoms. The van der Waals surface area contributed by atoms with Gasteiger partial charge in [-0.3, -0.25) is 0 Å². The van der Waals surface area contributed by atoms with Crippen molar-refractivity contribution in [3.8, 4) is 0 Å². The Balaban J connectivity index is 1.34. The first-order valence-corrected chi connectivity index (χ1v) is 9.71. The average Bonchev–Trinajstić information content (AvgIpc) is 3.35. The van der Waals surface area contributed by atoms with E-state index in [9.17, 15) is 0 Å². The second-order valence-electron chi connectivity index (χ2n) is 8.59. The normalized spacial score (nSPS) is 37.8. The van der Waals surface area contributed by atoms with Crippen LogP contribution in [-0.4, -0.2) is 17.0 Å². The molecule has 0 amide bonds. The Kier molecular flexibility index (Phi) is 3.28.